The fourth-order valence-corrected chi connectivity index (χ4v) is 4.08. The Kier molecular flexibility index (Phi) is 3.87. The fourth-order valence-electron chi connectivity index (χ4n) is 4.08. The van der Waals surface area contributed by atoms with Crippen LogP contribution in [0.25, 0.3) is 0 Å². The van der Waals surface area contributed by atoms with Crippen molar-refractivity contribution in [3.63, 3.8) is 0 Å². The first-order valence-electron chi connectivity index (χ1n) is 8.23. The summed E-state index contributed by atoms with van der Waals surface area (Å²) < 4.78 is 0. The van der Waals surface area contributed by atoms with Crippen molar-refractivity contribution in [3.8, 4) is 0 Å². The van der Waals surface area contributed by atoms with Gasteiger partial charge in [-0.2, -0.15) is 0 Å². The van der Waals surface area contributed by atoms with Crippen LogP contribution in [-0.2, 0) is 6.42 Å². The second-order valence-electron chi connectivity index (χ2n) is 6.85. The second kappa shape index (κ2) is 5.50. The van der Waals surface area contributed by atoms with Crippen LogP contribution in [0.4, 0.5) is 0 Å². The van der Waals surface area contributed by atoms with Crippen LogP contribution < -0.4 is 5.73 Å². The van der Waals surface area contributed by atoms with Crippen molar-refractivity contribution in [2.45, 2.75) is 63.5 Å². The van der Waals surface area contributed by atoms with Crippen molar-refractivity contribution in [1.29, 1.82) is 0 Å². The molecule has 110 valence electrons. The third kappa shape index (κ3) is 2.29. The molecule has 0 amide bonds. The molecule has 1 saturated heterocycles. The van der Waals surface area contributed by atoms with Gasteiger partial charge in [0.2, 0.25) is 0 Å². The molecule has 3 atom stereocenters. The second-order valence-corrected chi connectivity index (χ2v) is 6.85. The Balaban J connectivity index is 1.68. The van der Waals surface area contributed by atoms with Crippen LogP contribution >= 0.6 is 0 Å². The molecule has 0 radical (unpaired) electrons. The highest BCUT2D eigenvalue weighted by Crippen LogP contribution is 2.40. The Morgan fingerprint density at radius 2 is 2.00 bits per heavy atom. The summed E-state index contributed by atoms with van der Waals surface area (Å²) in [6.07, 6.45) is 6.20. The summed E-state index contributed by atoms with van der Waals surface area (Å²) >= 11 is 0. The number of likely N-dealkylation sites (tertiary alicyclic amines) is 1. The molecule has 0 spiro atoms. The first-order chi connectivity index (χ1) is 9.65. The molecule has 3 unspecified atom stereocenters. The van der Waals surface area contributed by atoms with Gasteiger partial charge in [0, 0.05) is 11.6 Å². The molecule has 2 nitrogen and oxygen atoms in total. The standard InChI is InChI=1S/C18H28N2/c1-3-18(2,20-10-6-7-11-20)17(19)13-15-12-14-8-4-5-9-16(14)15/h4-5,8-9,15,17H,3,6-7,10-13,19H2,1-2H3. The van der Waals surface area contributed by atoms with Crippen molar-refractivity contribution >= 4 is 0 Å². The zero-order valence-electron chi connectivity index (χ0n) is 12.9. The first-order valence-corrected chi connectivity index (χ1v) is 8.23. The van der Waals surface area contributed by atoms with E-state index in [1.165, 1.54) is 37.9 Å². The molecule has 0 saturated carbocycles. The maximum Gasteiger partial charge on any atom is 0.0329 e. The molecule has 20 heavy (non-hydrogen) atoms. The fraction of sp³-hybridized carbons (Fsp3) is 0.667. The van der Waals surface area contributed by atoms with E-state index in [4.69, 9.17) is 5.73 Å². The van der Waals surface area contributed by atoms with E-state index in [2.05, 4.69) is 43.0 Å². The predicted molar refractivity (Wildman–Crippen MR) is 85.0 cm³/mol. The Labute approximate surface area is 123 Å². The lowest BCUT2D eigenvalue weighted by atomic mass is 9.71. The van der Waals surface area contributed by atoms with Crippen LogP contribution in [-0.4, -0.2) is 29.6 Å². The molecule has 0 aromatic heterocycles. The smallest absolute Gasteiger partial charge is 0.0329 e. The third-order valence-corrected chi connectivity index (χ3v) is 5.84. The minimum Gasteiger partial charge on any atom is -0.326 e. The summed E-state index contributed by atoms with van der Waals surface area (Å²) in [6.45, 7) is 7.15. The average molecular weight is 272 g/mol. The van der Waals surface area contributed by atoms with Crippen molar-refractivity contribution < 1.29 is 0 Å². The van der Waals surface area contributed by atoms with Crippen LogP contribution in [0.5, 0.6) is 0 Å². The molecule has 2 aliphatic rings. The van der Waals surface area contributed by atoms with Gasteiger partial charge in [0.25, 0.3) is 0 Å². The Hall–Kier alpha value is -0.860. The number of nitrogens with two attached hydrogens (primary N) is 1. The van der Waals surface area contributed by atoms with Gasteiger partial charge in [-0.3, -0.25) is 4.90 Å². The molecular weight excluding hydrogens is 244 g/mol. The van der Waals surface area contributed by atoms with Gasteiger partial charge >= 0.3 is 0 Å². The van der Waals surface area contributed by atoms with Crippen LogP contribution in [0.1, 0.15) is 56.6 Å². The minimum atomic E-state index is 0.182. The molecule has 1 aliphatic carbocycles. The number of hydrogen-bond acceptors (Lipinski definition) is 2. The topological polar surface area (TPSA) is 29.3 Å². The van der Waals surface area contributed by atoms with E-state index in [9.17, 15) is 0 Å². The highest BCUT2D eigenvalue weighted by Gasteiger charge is 2.40. The molecule has 1 fully saturated rings. The van der Waals surface area contributed by atoms with Gasteiger partial charge in [-0.1, -0.05) is 31.2 Å². The van der Waals surface area contributed by atoms with Gasteiger partial charge in [0.05, 0.1) is 0 Å². The molecule has 2 N–H and O–H groups in total. The van der Waals surface area contributed by atoms with Crippen LogP contribution in [0.15, 0.2) is 24.3 Å². The molecule has 2 heteroatoms. The molecule has 0 bridgehead atoms. The molecule has 1 aromatic rings. The maximum atomic E-state index is 6.67. The molecule has 1 aliphatic heterocycles. The van der Waals surface area contributed by atoms with Crippen LogP contribution in [0.3, 0.4) is 0 Å². The summed E-state index contributed by atoms with van der Waals surface area (Å²) in [4.78, 5) is 2.64. The largest absolute Gasteiger partial charge is 0.326 e. The average Bonchev–Trinajstić information content (AvgIpc) is 2.98. The van der Waals surface area contributed by atoms with E-state index in [1.807, 2.05) is 0 Å². The number of rotatable bonds is 5. The molecule has 1 heterocycles. The van der Waals surface area contributed by atoms with Gasteiger partial charge in [0.1, 0.15) is 0 Å². The highest BCUT2D eigenvalue weighted by atomic mass is 15.2. The van der Waals surface area contributed by atoms with E-state index in [-0.39, 0.29) is 11.6 Å². The van der Waals surface area contributed by atoms with Gasteiger partial charge in [0.15, 0.2) is 0 Å². The van der Waals surface area contributed by atoms with Gasteiger partial charge < -0.3 is 5.73 Å². The predicted octanol–water partition coefficient (Wildman–Crippen LogP) is 3.31. The zero-order chi connectivity index (χ0) is 14.2. The highest BCUT2D eigenvalue weighted by molar-refractivity contribution is 5.40. The Bertz CT molecular complexity index is 464. The Morgan fingerprint density at radius 3 is 2.65 bits per heavy atom. The summed E-state index contributed by atoms with van der Waals surface area (Å²) in [7, 11) is 0. The van der Waals surface area contributed by atoms with Crippen molar-refractivity contribution in [1.82, 2.24) is 4.90 Å². The maximum absolute atomic E-state index is 6.67. The normalized spacial score (nSPS) is 26.6. The number of benzene rings is 1. The van der Waals surface area contributed by atoms with E-state index >= 15 is 0 Å². The van der Waals surface area contributed by atoms with Crippen molar-refractivity contribution in [2.24, 2.45) is 5.73 Å². The van der Waals surface area contributed by atoms with E-state index in [0.717, 1.165) is 12.8 Å². The van der Waals surface area contributed by atoms with Gasteiger partial charge in [-0.15, -0.1) is 0 Å². The van der Waals surface area contributed by atoms with E-state index in [1.54, 1.807) is 5.56 Å². The molecule has 3 rings (SSSR count). The van der Waals surface area contributed by atoms with E-state index < -0.39 is 0 Å². The van der Waals surface area contributed by atoms with Gasteiger partial charge in [-0.25, -0.2) is 0 Å². The van der Waals surface area contributed by atoms with Crippen LogP contribution in [0, 0.1) is 0 Å². The summed E-state index contributed by atoms with van der Waals surface area (Å²) in [6, 6.07) is 9.14. The van der Waals surface area contributed by atoms with Gasteiger partial charge in [-0.05, 0) is 69.2 Å². The summed E-state index contributed by atoms with van der Waals surface area (Å²) in [5, 5.41) is 0. The lowest BCUT2D eigenvalue weighted by Gasteiger charge is -2.45. The van der Waals surface area contributed by atoms with E-state index in [0.29, 0.717) is 5.92 Å². The molecule has 1 aromatic carbocycles. The third-order valence-electron chi connectivity index (χ3n) is 5.84. The first kappa shape index (κ1) is 14.1. The number of hydrogen-bond donors (Lipinski definition) is 1. The summed E-state index contributed by atoms with van der Waals surface area (Å²) in [5.74, 6) is 0.690. The number of fused-ring (bicyclic) bond motifs is 1. The Morgan fingerprint density at radius 1 is 1.30 bits per heavy atom. The minimum absolute atomic E-state index is 0.182. The SMILES string of the molecule is CCC(C)(C(N)CC1Cc2ccccc21)N1CCCC1. The lowest BCUT2D eigenvalue weighted by molar-refractivity contribution is 0.0924. The van der Waals surface area contributed by atoms with Crippen molar-refractivity contribution in [2.75, 3.05) is 13.1 Å². The number of nitrogens with zero attached hydrogens (tertiary/aromatic N) is 1. The summed E-state index contributed by atoms with van der Waals surface area (Å²) in [5.41, 5.74) is 9.93. The monoisotopic (exact) mass is 272 g/mol. The molecular formula is C18H28N2. The lowest BCUT2D eigenvalue weighted by Crippen LogP contribution is -2.57. The quantitative estimate of drug-likeness (QED) is 0.891. The zero-order valence-corrected chi connectivity index (χ0v) is 12.9. The van der Waals surface area contributed by atoms with Crippen molar-refractivity contribution in [3.05, 3.63) is 35.4 Å². The van der Waals surface area contributed by atoms with Crippen LogP contribution in [0.2, 0.25) is 0 Å².